The summed E-state index contributed by atoms with van der Waals surface area (Å²) in [6.07, 6.45) is 1.24. The lowest BCUT2D eigenvalue weighted by molar-refractivity contribution is 0.423. The van der Waals surface area contributed by atoms with Gasteiger partial charge in [0, 0.05) is 6.07 Å². The van der Waals surface area contributed by atoms with E-state index in [1.165, 1.54) is 30.5 Å². The average Bonchev–Trinajstić information content (AvgIpc) is 2.80. The number of hydrogen-bond donors (Lipinski definition) is 2. The first-order valence-electron chi connectivity index (χ1n) is 4.76. The van der Waals surface area contributed by atoms with E-state index >= 15 is 0 Å². The predicted molar refractivity (Wildman–Crippen MR) is 62.9 cm³/mol. The molecule has 0 atom stereocenters. The SMILES string of the molecule is N#Cc1ccc(S(=O)(=O)Nc2ccon2)c(N)c1. The quantitative estimate of drug-likeness (QED) is 0.795. The topological polar surface area (TPSA) is 122 Å². The van der Waals surface area contributed by atoms with Gasteiger partial charge in [-0.2, -0.15) is 5.26 Å². The van der Waals surface area contributed by atoms with Crippen molar-refractivity contribution < 1.29 is 12.9 Å². The maximum Gasteiger partial charge on any atom is 0.265 e. The smallest absolute Gasteiger partial charge is 0.265 e. The molecule has 0 spiro atoms. The zero-order valence-electron chi connectivity index (χ0n) is 8.99. The molecule has 7 nitrogen and oxygen atoms in total. The van der Waals surface area contributed by atoms with Crippen LogP contribution in [0.4, 0.5) is 11.5 Å². The number of rotatable bonds is 3. The number of nitriles is 1. The number of nitrogen functional groups attached to an aromatic ring is 1. The minimum absolute atomic E-state index is 0.00922. The van der Waals surface area contributed by atoms with Gasteiger partial charge < -0.3 is 10.3 Å². The fourth-order valence-electron chi connectivity index (χ4n) is 1.32. The van der Waals surface area contributed by atoms with Gasteiger partial charge in [0.15, 0.2) is 5.82 Å². The Morgan fingerprint density at radius 3 is 2.72 bits per heavy atom. The molecule has 18 heavy (non-hydrogen) atoms. The molecular weight excluding hydrogens is 256 g/mol. The normalized spacial score (nSPS) is 10.8. The minimum Gasteiger partial charge on any atom is -0.398 e. The first kappa shape index (κ1) is 11.9. The number of sulfonamides is 1. The molecule has 2 rings (SSSR count). The first-order valence-corrected chi connectivity index (χ1v) is 6.24. The second-order valence-electron chi connectivity index (χ2n) is 3.35. The largest absolute Gasteiger partial charge is 0.398 e. The number of nitrogens with one attached hydrogen (secondary N) is 1. The van der Waals surface area contributed by atoms with Crippen LogP contribution in [0.1, 0.15) is 5.56 Å². The van der Waals surface area contributed by atoms with Crippen molar-refractivity contribution in [1.82, 2.24) is 5.16 Å². The summed E-state index contributed by atoms with van der Waals surface area (Å²) in [6, 6.07) is 7.15. The van der Waals surface area contributed by atoms with Crippen molar-refractivity contribution in [1.29, 1.82) is 5.26 Å². The van der Waals surface area contributed by atoms with Gasteiger partial charge in [-0.15, -0.1) is 0 Å². The highest BCUT2D eigenvalue weighted by atomic mass is 32.2. The lowest BCUT2D eigenvalue weighted by Crippen LogP contribution is -2.15. The van der Waals surface area contributed by atoms with Gasteiger partial charge in [-0.25, -0.2) is 8.42 Å². The second kappa shape index (κ2) is 4.38. The number of anilines is 2. The summed E-state index contributed by atoms with van der Waals surface area (Å²) in [6.45, 7) is 0. The Balaban J connectivity index is 2.39. The molecule has 0 amide bonds. The predicted octanol–water partition coefficient (Wildman–Crippen LogP) is 0.929. The van der Waals surface area contributed by atoms with E-state index in [4.69, 9.17) is 11.0 Å². The molecule has 0 saturated heterocycles. The first-order chi connectivity index (χ1) is 8.53. The lowest BCUT2D eigenvalue weighted by Gasteiger charge is -2.07. The van der Waals surface area contributed by atoms with Gasteiger partial charge in [-0.05, 0) is 18.2 Å². The van der Waals surface area contributed by atoms with E-state index in [2.05, 4.69) is 14.4 Å². The number of benzene rings is 1. The molecule has 8 heteroatoms. The fourth-order valence-corrected chi connectivity index (χ4v) is 2.43. The Morgan fingerprint density at radius 2 is 2.17 bits per heavy atom. The van der Waals surface area contributed by atoms with E-state index in [0.717, 1.165) is 0 Å². The van der Waals surface area contributed by atoms with Crippen LogP contribution in [0, 0.1) is 11.3 Å². The monoisotopic (exact) mass is 264 g/mol. The summed E-state index contributed by atoms with van der Waals surface area (Å²) in [4.78, 5) is -0.121. The van der Waals surface area contributed by atoms with Crippen molar-refractivity contribution in [2.45, 2.75) is 4.90 Å². The van der Waals surface area contributed by atoms with Crippen molar-refractivity contribution in [3.8, 4) is 6.07 Å². The van der Waals surface area contributed by atoms with Crippen LogP contribution in [0.5, 0.6) is 0 Å². The summed E-state index contributed by atoms with van der Waals surface area (Å²) >= 11 is 0. The highest BCUT2D eigenvalue weighted by Gasteiger charge is 2.18. The Kier molecular flexibility index (Phi) is 2.91. The average molecular weight is 264 g/mol. The van der Waals surface area contributed by atoms with E-state index < -0.39 is 10.0 Å². The third-order valence-corrected chi connectivity index (χ3v) is 3.53. The molecule has 1 aromatic heterocycles. The molecule has 1 aromatic carbocycles. The summed E-state index contributed by atoms with van der Waals surface area (Å²) in [7, 11) is -3.85. The number of hydrogen-bond acceptors (Lipinski definition) is 6. The van der Waals surface area contributed by atoms with Crippen LogP contribution in [0.3, 0.4) is 0 Å². The standard InChI is InChI=1S/C10H8N4O3S/c11-6-7-1-2-9(8(12)5-7)18(15,16)14-10-3-4-17-13-10/h1-5H,12H2,(H,13,14). The number of nitrogens with two attached hydrogens (primary N) is 1. The van der Waals surface area contributed by atoms with Gasteiger partial charge in [-0.1, -0.05) is 5.16 Å². The van der Waals surface area contributed by atoms with Crippen LogP contribution in [-0.4, -0.2) is 13.6 Å². The third-order valence-electron chi connectivity index (χ3n) is 2.11. The van der Waals surface area contributed by atoms with Crippen LogP contribution in [0.15, 0.2) is 39.9 Å². The van der Waals surface area contributed by atoms with Crippen LogP contribution >= 0.6 is 0 Å². The van der Waals surface area contributed by atoms with E-state index in [1.807, 2.05) is 6.07 Å². The van der Waals surface area contributed by atoms with Crippen molar-refractivity contribution in [3.63, 3.8) is 0 Å². The summed E-state index contributed by atoms with van der Waals surface area (Å²) in [5, 5.41) is 12.1. The Labute approximate surface area is 103 Å². The zero-order valence-corrected chi connectivity index (χ0v) is 9.81. The second-order valence-corrected chi connectivity index (χ2v) is 5.01. The molecule has 1 heterocycles. The molecular formula is C10H8N4O3S. The van der Waals surface area contributed by atoms with Crippen LogP contribution in [0.2, 0.25) is 0 Å². The Hall–Kier alpha value is -2.53. The highest BCUT2D eigenvalue weighted by Crippen LogP contribution is 2.21. The van der Waals surface area contributed by atoms with Crippen molar-refractivity contribution >= 4 is 21.5 Å². The molecule has 92 valence electrons. The van der Waals surface area contributed by atoms with Gasteiger partial charge >= 0.3 is 0 Å². The van der Waals surface area contributed by atoms with Crippen LogP contribution in [-0.2, 0) is 10.0 Å². The lowest BCUT2D eigenvalue weighted by atomic mass is 10.2. The van der Waals surface area contributed by atoms with Crippen LogP contribution < -0.4 is 10.5 Å². The maximum absolute atomic E-state index is 12.0. The van der Waals surface area contributed by atoms with E-state index in [0.29, 0.717) is 0 Å². The van der Waals surface area contributed by atoms with Gasteiger partial charge in [0.1, 0.15) is 11.2 Å². The van der Waals surface area contributed by atoms with Gasteiger partial charge in [0.05, 0.1) is 17.3 Å². The van der Waals surface area contributed by atoms with Crippen molar-refractivity contribution in [2.75, 3.05) is 10.5 Å². The summed E-state index contributed by atoms with van der Waals surface area (Å²) < 4.78 is 30.6. The van der Waals surface area contributed by atoms with Gasteiger partial charge in [-0.3, -0.25) is 4.72 Å². The molecule has 0 fully saturated rings. The molecule has 0 radical (unpaired) electrons. The van der Waals surface area contributed by atoms with E-state index in [9.17, 15) is 8.42 Å². The minimum atomic E-state index is -3.85. The summed E-state index contributed by atoms with van der Waals surface area (Å²) in [5.74, 6) is 0.0544. The maximum atomic E-state index is 12.0. The van der Waals surface area contributed by atoms with Crippen molar-refractivity contribution in [3.05, 3.63) is 36.1 Å². The molecule has 0 aliphatic carbocycles. The van der Waals surface area contributed by atoms with Crippen molar-refractivity contribution in [2.24, 2.45) is 0 Å². The molecule has 3 N–H and O–H groups in total. The molecule has 2 aromatic rings. The van der Waals surface area contributed by atoms with Crippen LogP contribution in [0.25, 0.3) is 0 Å². The number of nitrogens with zero attached hydrogens (tertiary/aromatic N) is 2. The Morgan fingerprint density at radius 1 is 1.39 bits per heavy atom. The summed E-state index contributed by atoms with van der Waals surface area (Å²) in [5.41, 5.74) is 5.87. The van der Waals surface area contributed by atoms with E-state index in [-0.39, 0.29) is 22.0 Å². The number of aromatic nitrogens is 1. The zero-order chi connectivity index (χ0) is 13.2. The molecule has 0 saturated carbocycles. The molecule has 0 aliphatic rings. The van der Waals surface area contributed by atoms with Gasteiger partial charge in [0.25, 0.3) is 10.0 Å². The third kappa shape index (κ3) is 2.26. The highest BCUT2D eigenvalue weighted by molar-refractivity contribution is 7.92. The fraction of sp³-hybridized carbons (Fsp3) is 0. The Bertz CT molecular complexity index is 701. The van der Waals surface area contributed by atoms with Gasteiger partial charge in [0.2, 0.25) is 0 Å². The molecule has 0 bridgehead atoms. The molecule has 0 aliphatic heterocycles. The van der Waals surface area contributed by atoms with E-state index in [1.54, 1.807) is 0 Å². The molecule has 0 unspecified atom stereocenters.